The number of carbonyl (C=O) groups is 1. The number of Topliss-reactive ketones (excluding diaryl/α,β-unsaturated/α-hetero) is 1. The number of methoxy groups -OCH3 is 1. The molecule has 0 amide bonds. The Labute approximate surface area is 114 Å². The van der Waals surface area contributed by atoms with E-state index in [9.17, 15) is 4.79 Å². The van der Waals surface area contributed by atoms with Crippen molar-refractivity contribution in [2.45, 2.75) is 13.0 Å². The minimum absolute atomic E-state index is 0.0571. The maximum absolute atomic E-state index is 11.6. The predicted octanol–water partition coefficient (Wildman–Crippen LogP) is 1.46. The van der Waals surface area contributed by atoms with Gasteiger partial charge in [0.15, 0.2) is 5.78 Å². The lowest BCUT2D eigenvalue weighted by Crippen LogP contribution is -2.38. The fourth-order valence-electron chi connectivity index (χ4n) is 1.72. The minimum Gasteiger partial charge on any atom is -0.481 e. The molecule has 0 bridgehead atoms. The zero-order valence-electron chi connectivity index (χ0n) is 10.2. The monoisotopic (exact) mass is 311 g/mol. The van der Waals surface area contributed by atoms with Gasteiger partial charge in [-0.15, -0.1) is 0 Å². The van der Waals surface area contributed by atoms with Crippen LogP contribution in [0.5, 0.6) is 0 Å². The molecule has 1 aliphatic rings. The van der Waals surface area contributed by atoms with Crippen molar-refractivity contribution in [1.29, 1.82) is 0 Å². The lowest BCUT2D eigenvalue weighted by molar-refractivity contribution is -0.117. The van der Waals surface area contributed by atoms with Crippen LogP contribution in [0.3, 0.4) is 0 Å². The summed E-state index contributed by atoms with van der Waals surface area (Å²) in [6, 6.07) is -0.354. The molecular formula is C12H14BrN3O2. The number of hydrogen-bond donors (Lipinski definition) is 1. The van der Waals surface area contributed by atoms with Crippen LogP contribution in [0.2, 0.25) is 0 Å². The molecule has 6 heteroatoms. The van der Waals surface area contributed by atoms with E-state index in [0.717, 1.165) is 11.4 Å². The van der Waals surface area contributed by atoms with Gasteiger partial charge in [0.1, 0.15) is 11.7 Å². The van der Waals surface area contributed by atoms with Crippen molar-refractivity contribution in [2.24, 2.45) is 0 Å². The summed E-state index contributed by atoms with van der Waals surface area (Å²) in [7, 11) is 1.57. The van der Waals surface area contributed by atoms with Gasteiger partial charge >= 0.3 is 0 Å². The molecule has 5 nitrogen and oxygen atoms in total. The van der Waals surface area contributed by atoms with Crippen LogP contribution in [0, 0.1) is 6.92 Å². The Morgan fingerprint density at radius 2 is 2.44 bits per heavy atom. The van der Waals surface area contributed by atoms with Crippen LogP contribution in [0.4, 0.5) is 0 Å². The Balaban J connectivity index is 2.28. The standard InChI is InChI=1S/C12H14BrN3O2/c1-8-6-16(7-14-8)10-4-3-9(11(17)5-13)15-12(10)18-2/h3-4,6-7,9,15H,5H2,1-2H3. The smallest absolute Gasteiger partial charge is 0.212 e. The van der Waals surface area contributed by atoms with Crippen molar-refractivity contribution in [3.8, 4) is 0 Å². The third kappa shape index (κ3) is 2.48. The molecule has 0 saturated heterocycles. The van der Waals surface area contributed by atoms with E-state index in [1.54, 1.807) is 13.4 Å². The summed E-state index contributed by atoms with van der Waals surface area (Å²) >= 11 is 3.16. The lowest BCUT2D eigenvalue weighted by atomic mass is 10.1. The van der Waals surface area contributed by atoms with Crippen LogP contribution < -0.4 is 5.32 Å². The molecule has 1 aliphatic heterocycles. The highest BCUT2D eigenvalue weighted by atomic mass is 79.9. The fraction of sp³-hybridized carbons (Fsp3) is 0.333. The zero-order chi connectivity index (χ0) is 13.1. The third-order valence-electron chi connectivity index (χ3n) is 2.64. The maximum Gasteiger partial charge on any atom is 0.212 e. The highest BCUT2D eigenvalue weighted by Crippen LogP contribution is 2.18. The van der Waals surface area contributed by atoms with Gasteiger partial charge < -0.3 is 14.6 Å². The molecule has 96 valence electrons. The molecule has 0 radical (unpaired) electrons. The summed E-state index contributed by atoms with van der Waals surface area (Å²) in [5, 5.41) is 3.37. The van der Waals surface area contributed by atoms with Gasteiger partial charge in [0.2, 0.25) is 5.88 Å². The Kier molecular flexibility index (Phi) is 3.86. The molecule has 1 aromatic rings. The molecule has 0 aromatic carbocycles. The van der Waals surface area contributed by atoms with E-state index < -0.39 is 0 Å². The summed E-state index contributed by atoms with van der Waals surface area (Å²) in [4.78, 5) is 15.8. The predicted molar refractivity (Wildman–Crippen MR) is 72.1 cm³/mol. The highest BCUT2D eigenvalue weighted by Gasteiger charge is 2.21. The number of allylic oxidation sites excluding steroid dienone is 2. The summed E-state index contributed by atoms with van der Waals surface area (Å²) in [6.45, 7) is 1.92. The van der Waals surface area contributed by atoms with Gasteiger partial charge in [-0.1, -0.05) is 22.0 Å². The Morgan fingerprint density at radius 3 is 3.00 bits per heavy atom. The quantitative estimate of drug-likeness (QED) is 0.855. The Morgan fingerprint density at radius 1 is 1.67 bits per heavy atom. The fourth-order valence-corrected chi connectivity index (χ4v) is 2.07. The number of nitrogens with one attached hydrogen (secondary N) is 1. The summed E-state index contributed by atoms with van der Waals surface area (Å²) < 4.78 is 7.15. The number of dihydropyridines is 1. The maximum atomic E-state index is 11.6. The van der Waals surface area contributed by atoms with Crippen LogP contribution in [0.15, 0.2) is 30.6 Å². The van der Waals surface area contributed by atoms with Gasteiger partial charge in [-0.25, -0.2) is 4.98 Å². The molecule has 2 rings (SSSR count). The van der Waals surface area contributed by atoms with Crippen LogP contribution in [-0.4, -0.2) is 33.8 Å². The van der Waals surface area contributed by atoms with Crippen LogP contribution in [0.1, 0.15) is 5.69 Å². The number of imidazole rings is 1. The van der Waals surface area contributed by atoms with E-state index in [1.807, 2.05) is 29.8 Å². The molecule has 1 atom stereocenters. The second kappa shape index (κ2) is 5.39. The Hall–Kier alpha value is -1.56. The molecule has 2 heterocycles. The first-order valence-corrected chi connectivity index (χ1v) is 6.60. The molecule has 0 saturated carbocycles. The molecule has 0 aliphatic carbocycles. The molecule has 0 spiro atoms. The zero-order valence-corrected chi connectivity index (χ0v) is 11.8. The van der Waals surface area contributed by atoms with E-state index in [0.29, 0.717) is 11.2 Å². The number of aromatic nitrogens is 2. The van der Waals surface area contributed by atoms with Crippen molar-refractivity contribution in [3.05, 3.63) is 36.3 Å². The van der Waals surface area contributed by atoms with E-state index in [2.05, 4.69) is 26.2 Å². The average molecular weight is 312 g/mol. The van der Waals surface area contributed by atoms with E-state index in [1.165, 1.54) is 0 Å². The number of carbonyl (C=O) groups excluding carboxylic acids is 1. The Bertz CT molecular complexity index is 519. The first kappa shape index (κ1) is 12.9. The summed E-state index contributed by atoms with van der Waals surface area (Å²) in [6.07, 6.45) is 7.29. The third-order valence-corrected chi connectivity index (χ3v) is 3.19. The van der Waals surface area contributed by atoms with Gasteiger partial charge in [0, 0.05) is 6.20 Å². The normalized spacial score (nSPS) is 18.7. The van der Waals surface area contributed by atoms with Gasteiger partial charge in [0.05, 0.1) is 24.5 Å². The average Bonchev–Trinajstić information content (AvgIpc) is 2.83. The van der Waals surface area contributed by atoms with Crippen molar-refractivity contribution in [2.75, 3.05) is 12.4 Å². The number of alkyl halides is 1. The number of halogens is 1. The summed E-state index contributed by atoms with van der Waals surface area (Å²) in [5.74, 6) is 0.621. The molecule has 1 unspecified atom stereocenters. The first-order valence-electron chi connectivity index (χ1n) is 5.48. The largest absolute Gasteiger partial charge is 0.481 e. The minimum atomic E-state index is -0.354. The highest BCUT2D eigenvalue weighted by molar-refractivity contribution is 9.09. The second-order valence-corrected chi connectivity index (χ2v) is 4.48. The van der Waals surface area contributed by atoms with E-state index in [-0.39, 0.29) is 11.8 Å². The molecular weight excluding hydrogens is 298 g/mol. The van der Waals surface area contributed by atoms with Gasteiger partial charge in [-0.2, -0.15) is 0 Å². The topological polar surface area (TPSA) is 56.2 Å². The molecule has 18 heavy (non-hydrogen) atoms. The van der Waals surface area contributed by atoms with Crippen molar-refractivity contribution < 1.29 is 9.53 Å². The van der Waals surface area contributed by atoms with Gasteiger partial charge in [-0.05, 0) is 13.0 Å². The van der Waals surface area contributed by atoms with Crippen LogP contribution >= 0.6 is 15.9 Å². The SMILES string of the molecule is COC1=C(n2cnc(C)c2)C=CC(C(=O)CBr)N1. The summed E-state index contributed by atoms with van der Waals surface area (Å²) in [5.41, 5.74) is 1.75. The van der Waals surface area contributed by atoms with Gasteiger partial charge in [0.25, 0.3) is 0 Å². The number of aryl methyl sites for hydroxylation is 1. The number of nitrogens with zero attached hydrogens (tertiary/aromatic N) is 2. The number of ether oxygens (including phenoxy) is 1. The van der Waals surface area contributed by atoms with E-state index >= 15 is 0 Å². The number of rotatable bonds is 4. The van der Waals surface area contributed by atoms with Crippen molar-refractivity contribution in [1.82, 2.24) is 14.9 Å². The molecule has 1 aromatic heterocycles. The van der Waals surface area contributed by atoms with Crippen molar-refractivity contribution in [3.63, 3.8) is 0 Å². The van der Waals surface area contributed by atoms with Crippen LogP contribution in [0.25, 0.3) is 5.70 Å². The number of hydrogen-bond acceptors (Lipinski definition) is 4. The molecule has 1 N–H and O–H groups in total. The lowest BCUT2D eigenvalue weighted by Gasteiger charge is -2.22. The van der Waals surface area contributed by atoms with Gasteiger partial charge in [-0.3, -0.25) is 4.79 Å². The van der Waals surface area contributed by atoms with E-state index in [4.69, 9.17) is 4.74 Å². The number of ketones is 1. The van der Waals surface area contributed by atoms with Crippen LogP contribution in [-0.2, 0) is 9.53 Å². The molecule has 0 fully saturated rings. The first-order chi connectivity index (χ1) is 8.65. The van der Waals surface area contributed by atoms with Crippen molar-refractivity contribution >= 4 is 27.4 Å². The second-order valence-electron chi connectivity index (χ2n) is 3.92.